The van der Waals surface area contributed by atoms with Gasteiger partial charge in [-0.05, 0) is 17.7 Å². The zero-order chi connectivity index (χ0) is 17.4. The number of carboxylic acid groups (broad SMARTS) is 1. The van der Waals surface area contributed by atoms with Crippen LogP contribution in [0.25, 0.3) is 0 Å². The lowest BCUT2D eigenvalue weighted by atomic mass is 10.1. The third-order valence-electron chi connectivity index (χ3n) is 3.34. The van der Waals surface area contributed by atoms with E-state index in [9.17, 15) is 14.7 Å². The van der Waals surface area contributed by atoms with E-state index in [0.717, 1.165) is 5.56 Å². The smallest absolute Gasteiger partial charge is 0.326 e. The fraction of sp³-hybridized carbons (Fsp3) is 0.222. The summed E-state index contributed by atoms with van der Waals surface area (Å²) in [5.74, 6) is -0.962. The van der Waals surface area contributed by atoms with Gasteiger partial charge >= 0.3 is 5.97 Å². The molecule has 0 heterocycles. The molecule has 1 amide bonds. The standard InChI is InChI=1S/C18H18ClNO4/c19-14-8-4-5-9-16(14)24-11-10-17(21)20-15(18(22)23)12-13-6-2-1-3-7-13/h1-9,15H,10-12H2,(H,20,21)(H,22,23). The minimum Gasteiger partial charge on any atom is -0.491 e. The van der Waals surface area contributed by atoms with Crippen LogP contribution in [-0.2, 0) is 16.0 Å². The fourth-order valence-electron chi connectivity index (χ4n) is 2.13. The molecule has 5 nitrogen and oxygen atoms in total. The highest BCUT2D eigenvalue weighted by atomic mass is 35.5. The topological polar surface area (TPSA) is 75.6 Å². The van der Waals surface area contributed by atoms with Gasteiger partial charge in [-0.2, -0.15) is 0 Å². The Kier molecular flexibility index (Phi) is 6.63. The summed E-state index contributed by atoms with van der Waals surface area (Å²) in [4.78, 5) is 23.3. The number of benzene rings is 2. The summed E-state index contributed by atoms with van der Waals surface area (Å²) >= 11 is 5.95. The van der Waals surface area contributed by atoms with Gasteiger partial charge in [-0.1, -0.05) is 54.1 Å². The van der Waals surface area contributed by atoms with Crippen LogP contribution in [0.2, 0.25) is 5.02 Å². The van der Waals surface area contributed by atoms with Gasteiger partial charge in [0.25, 0.3) is 0 Å². The van der Waals surface area contributed by atoms with Gasteiger partial charge in [0.15, 0.2) is 0 Å². The molecule has 1 unspecified atom stereocenters. The summed E-state index contributed by atoms with van der Waals surface area (Å²) in [6.07, 6.45) is 0.275. The van der Waals surface area contributed by atoms with Gasteiger partial charge in [-0.3, -0.25) is 4.79 Å². The Morgan fingerprint density at radius 3 is 2.42 bits per heavy atom. The molecule has 0 saturated carbocycles. The molecule has 0 bridgehead atoms. The van der Waals surface area contributed by atoms with E-state index in [1.54, 1.807) is 24.3 Å². The van der Waals surface area contributed by atoms with Crippen molar-refractivity contribution in [2.75, 3.05) is 6.61 Å². The molecule has 0 aliphatic carbocycles. The maximum Gasteiger partial charge on any atom is 0.326 e. The van der Waals surface area contributed by atoms with Crippen LogP contribution in [0.1, 0.15) is 12.0 Å². The van der Waals surface area contributed by atoms with Crippen LogP contribution >= 0.6 is 11.6 Å². The number of amides is 1. The highest BCUT2D eigenvalue weighted by molar-refractivity contribution is 6.32. The second kappa shape index (κ2) is 8.93. The van der Waals surface area contributed by atoms with E-state index >= 15 is 0 Å². The number of rotatable bonds is 8. The number of aliphatic carboxylic acids is 1. The molecule has 2 N–H and O–H groups in total. The quantitative estimate of drug-likeness (QED) is 0.770. The van der Waals surface area contributed by atoms with E-state index in [-0.39, 0.29) is 25.4 Å². The molecular weight excluding hydrogens is 330 g/mol. The van der Waals surface area contributed by atoms with Gasteiger partial charge in [0, 0.05) is 6.42 Å². The van der Waals surface area contributed by atoms with Gasteiger partial charge in [-0.25, -0.2) is 4.79 Å². The van der Waals surface area contributed by atoms with Crippen molar-refractivity contribution in [3.8, 4) is 5.75 Å². The van der Waals surface area contributed by atoms with Crippen molar-refractivity contribution in [2.45, 2.75) is 18.9 Å². The van der Waals surface area contributed by atoms with Crippen molar-refractivity contribution < 1.29 is 19.4 Å². The van der Waals surface area contributed by atoms with Crippen molar-refractivity contribution in [3.63, 3.8) is 0 Å². The van der Waals surface area contributed by atoms with Crippen LogP contribution in [-0.4, -0.2) is 29.6 Å². The summed E-state index contributed by atoms with van der Waals surface area (Å²) < 4.78 is 5.43. The van der Waals surface area contributed by atoms with E-state index in [1.807, 2.05) is 30.3 Å². The summed E-state index contributed by atoms with van der Waals surface area (Å²) in [7, 11) is 0. The summed E-state index contributed by atoms with van der Waals surface area (Å²) in [5, 5.41) is 12.2. The molecule has 0 radical (unpaired) electrons. The second-order valence-corrected chi connectivity index (χ2v) is 5.58. The highest BCUT2D eigenvalue weighted by Gasteiger charge is 2.20. The lowest BCUT2D eigenvalue weighted by Gasteiger charge is -2.15. The van der Waals surface area contributed by atoms with E-state index in [2.05, 4.69) is 5.32 Å². The lowest BCUT2D eigenvalue weighted by molar-refractivity contribution is -0.141. The number of ether oxygens (including phenoxy) is 1. The van der Waals surface area contributed by atoms with Crippen LogP contribution in [0.4, 0.5) is 0 Å². The largest absolute Gasteiger partial charge is 0.491 e. The number of nitrogens with one attached hydrogen (secondary N) is 1. The maximum atomic E-state index is 11.9. The Hall–Kier alpha value is -2.53. The van der Waals surface area contributed by atoms with Crippen LogP contribution in [0.5, 0.6) is 5.75 Å². The van der Waals surface area contributed by atoms with Crippen LogP contribution < -0.4 is 10.1 Å². The lowest BCUT2D eigenvalue weighted by Crippen LogP contribution is -2.42. The SMILES string of the molecule is O=C(CCOc1ccccc1Cl)NC(Cc1ccccc1)C(=O)O. The summed E-state index contributed by atoms with van der Waals surface area (Å²) in [6, 6.07) is 15.1. The first kappa shape index (κ1) is 17.8. The average molecular weight is 348 g/mol. The fourth-order valence-corrected chi connectivity index (χ4v) is 2.32. The van der Waals surface area contributed by atoms with E-state index in [1.165, 1.54) is 0 Å². The first-order chi connectivity index (χ1) is 11.6. The number of carboxylic acids is 1. The molecule has 0 fully saturated rings. The Balaban J connectivity index is 1.82. The number of carbonyl (C=O) groups is 2. The van der Waals surface area contributed by atoms with Gasteiger partial charge in [0.2, 0.25) is 5.91 Å². The third kappa shape index (κ3) is 5.59. The Morgan fingerprint density at radius 1 is 1.08 bits per heavy atom. The molecule has 6 heteroatoms. The Labute approximate surface area is 145 Å². The Morgan fingerprint density at radius 2 is 1.75 bits per heavy atom. The molecule has 2 rings (SSSR count). The molecule has 2 aromatic rings. The van der Waals surface area contributed by atoms with Crippen molar-refractivity contribution in [3.05, 3.63) is 65.2 Å². The first-order valence-electron chi connectivity index (χ1n) is 7.49. The Bertz CT molecular complexity index is 690. The van der Waals surface area contributed by atoms with E-state index in [0.29, 0.717) is 10.8 Å². The van der Waals surface area contributed by atoms with Gasteiger partial charge < -0.3 is 15.2 Å². The number of hydrogen-bond acceptors (Lipinski definition) is 3. The van der Waals surface area contributed by atoms with Gasteiger partial charge in [0.1, 0.15) is 11.8 Å². The molecule has 2 aromatic carbocycles. The maximum absolute atomic E-state index is 11.9. The zero-order valence-corrected chi connectivity index (χ0v) is 13.7. The molecular formula is C18H18ClNO4. The molecule has 0 saturated heterocycles. The molecule has 0 aliphatic rings. The molecule has 126 valence electrons. The predicted molar refractivity (Wildman–Crippen MR) is 91.3 cm³/mol. The third-order valence-corrected chi connectivity index (χ3v) is 3.65. The van der Waals surface area contributed by atoms with Gasteiger partial charge in [0.05, 0.1) is 18.1 Å². The number of halogens is 1. The average Bonchev–Trinajstić information content (AvgIpc) is 2.57. The van der Waals surface area contributed by atoms with Crippen LogP contribution in [0, 0.1) is 0 Å². The number of para-hydroxylation sites is 1. The predicted octanol–water partition coefficient (Wildman–Crippen LogP) is 2.92. The molecule has 0 aliphatic heterocycles. The first-order valence-corrected chi connectivity index (χ1v) is 7.87. The van der Waals surface area contributed by atoms with E-state index < -0.39 is 12.0 Å². The monoisotopic (exact) mass is 347 g/mol. The van der Waals surface area contributed by atoms with E-state index in [4.69, 9.17) is 16.3 Å². The van der Waals surface area contributed by atoms with Crippen LogP contribution in [0.15, 0.2) is 54.6 Å². The molecule has 0 aromatic heterocycles. The zero-order valence-electron chi connectivity index (χ0n) is 12.9. The van der Waals surface area contributed by atoms with Crippen molar-refractivity contribution in [2.24, 2.45) is 0 Å². The molecule has 1 atom stereocenters. The van der Waals surface area contributed by atoms with Gasteiger partial charge in [-0.15, -0.1) is 0 Å². The minimum absolute atomic E-state index is 0.0454. The minimum atomic E-state index is -1.07. The normalized spacial score (nSPS) is 11.5. The van der Waals surface area contributed by atoms with Crippen molar-refractivity contribution in [1.29, 1.82) is 0 Å². The van der Waals surface area contributed by atoms with Crippen LogP contribution in [0.3, 0.4) is 0 Å². The molecule has 24 heavy (non-hydrogen) atoms. The summed E-state index contributed by atoms with van der Waals surface area (Å²) in [5.41, 5.74) is 0.845. The van der Waals surface area contributed by atoms with Crippen molar-refractivity contribution >= 4 is 23.5 Å². The summed E-state index contributed by atoms with van der Waals surface area (Å²) in [6.45, 7) is 0.118. The molecule has 0 spiro atoms. The number of carbonyl (C=O) groups excluding carboxylic acids is 1. The highest BCUT2D eigenvalue weighted by Crippen LogP contribution is 2.23. The second-order valence-electron chi connectivity index (χ2n) is 5.18. The van der Waals surface area contributed by atoms with Crippen molar-refractivity contribution in [1.82, 2.24) is 5.32 Å². The number of hydrogen-bond donors (Lipinski definition) is 2.